The molecule has 0 bridgehead atoms. The number of amidine groups is 1. The van der Waals surface area contributed by atoms with Crippen molar-refractivity contribution in [2.45, 2.75) is 19.4 Å². The molecule has 1 aromatic carbocycles. The molecule has 0 spiro atoms. The highest BCUT2D eigenvalue weighted by Crippen LogP contribution is 2.15. The normalized spacial score (nSPS) is 11.5. The van der Waals surface area contributed by atoms with E-state index in [9.17, 15) is 0 Å². The zero-order chi connectivity index (χ0) is 12.5. The summed E-state index contributed by atoms with van der Waals surface area (Å²) in [6.07, 6.45) is 1.40. The van der Waals surface area contributed by atoms with Gasteiger partial charge in [0.05, 0.1) is 6.61 Å². The van der Waals surface area contributed by atoms with Crippen LogP contribution in [0.15, 0.2) is 29.4 Å². The average molecular weight is 237 g/mol. The van der Waals surface area contributed by atoms with Crippen molar-refractivity contribution in [2.24, 2.45) is 10.9 Å². The maximum Gasteiger partial charge on any atom is 0.139 e. The fourth-order valence-electron chi connectivity index (χ4n) is 1.52. The van der Waals surface area contributed by atoms with Gasteiger partial charge in [-0.05, 0) is 12.5 Å². The van der Waals surface area contributed by atoms with Gasteiger partial charge in [-0.1, -0.05) is 23.4 Å². The van der Waals surface area contributed by atoms with E-state index in [4.69, 9.17) is 15.7 Å². The number of methoxy groups -OCH3 is 1. The van der Waals surface area contributed by atoms with Gasteiger partial charge in [0.15, 0.2) is 0 Å². The summed E-state index contributed by atoms with van der Waals surface area (Å²) >= 11 is 0. The predicted octanol–water partition coefficient (Wildman–Crippen LogP) is 1.77. The number of nitrogens with two attached hydrogens (primary N) is 1. The number of hydrogen-bond donors (Lipinski definition) is 3. The zero-order valence-corrected chi connectivity index (χ0v) is 10.0. The van der Waals surface area contributed by atoms with Crippen LogP contribution >= 0.6 is 0 Å². The first kappa shape index (κ1) is 13.3. The molecule has 1 rings (SSSR count). The van der Waals surface area contributed by atoms with E-state index in [0.29, 0.717) is 13.0 Å². The molecule has 0 saturated carbocycles. The molecule has 17 heavy (non-hydrogen) atoms. The second-order valence-corrected chi connectivity index (χ2v) is 3.71. The lowest BCUT2D eigenvalue weighted by molar-refractivity contribution is 0.185. The number of ether oxygens (including phenoxy) is 1. The standard InChI is InChI=1S/C12H19N3O2/c1-17-9-10-5-2-3-6-11(10)14-8-4-7-12(13)15-16/h2-3,5-6,14,16H,4,7-9H2,1H3,(H2,13,15). The molecule has 94 valence electrons. The molecular formula is C12H19N3O2. The van der Waals surface area contributed by atoms with E-state index in [1.807, 2.05) is 24.3 Å². The summed E-state index contributed by atoms with van der Waals surface area (Å²) < 4.78 is 5.12. The Balaban J connectivity index is 2.40. The molecule has 0 radical (unpaired) electrons. The maximum absolute atomic E-state index is 8.39. The van der Waals surface area contributed by atoms with Gasteiger partial charge in [-0.15, -0.1) is 0 Å². The van der Waals surface area contributed by atoms with Crippen LogP contribution in [-0.4, -0.2) is 24.7 Å². The van der Waals surface area contributed by atoms with E-state index in [0.717, 1.165) is 24.2 Å². The molecule has 0 amide bonds. The van der Waals surface area contributed by atoms with Crippen LogP contribution in [-0.2, 0) is 11.3 Å². The van der Waals surface area contributed by atoms with E-state index >= 15 is 0 Å². The molecule has 5 nitrogen and oxygen atoms in total. The monoisotopic (exact) mass is 237 g/mol. The zero-order valence-electron chi connectivity index (χ0n) is 10.0. The summed E-state index contributed by atoms with van der Waals surface area (Å²) in [5, 5.41) is 14.6. The Kier molecular flexibility index (Phi) is 5.88. The van der Waals surface area contributed by atoms with Crippen molar-refractivity contribution in [3.05, 3.63) is 29.8 Å². The summed E-state index contributed by atoms with van der Waals surface area (Å²) in [6, 6.07) is 7.99. The number of oxime groups is 1. The second kappa shape index (κ2) is 7.51. The molecule has 0 atom stereocenters. The van der Waals surface area contributed by atoms with Crippen LogP contribution < -0.4 is 11.1 Å². The SMILES string of the molecule is COCc1ccccc1NCCCC(N)=NO. The summed E-state index contributed by atoms with van der Waals surface area (Å²) in [4.78, 5) is 0. The number of anilines is 1. The van der Waals surface area contributed by atoms with E-state index in [1.54, 1.807) is 7.11 Å². The highest BCUT2D eigenvalue weighted by atomic mass is 16.5. The third-order valence-corrected chi connectivity index (χ3v) is 2.37. The fraction of sp³-hybridized carbons (Fsp3) is 0.417. The first-order valence-electron chi connectivity index (χ1n) is 5.55. The van der Waals surface area contributed by atoms with Crippen LogP contribution in [0.25, 0.3) is 0 Å². The molecule has 0 aliphatic carbocycles. The fourth-order valence-corrected chi connectivity index (χ4v) is 1.52. The second-order valence-electron chi connectivity index (χ2n) is 3.71. The summed E-state index contributed by atoms with van der Waals surface area (Å²) in [7, 11) is 1.68. The Hall–Kier alpha value is -1.75. The van der Waals surface area contributed by atoms with Crippen molar-refractivity contribution < 1.29 is 9.94 Å². The number of nitrogens with one attached hydrogen (secondary N) is 1. The summed E-state index contributed by atoms with van der Waals surface area (Å²) in [6.45, 7) is 1.36. The van der Waals surface area contributed by atoms with Gasteiger partial charge in [-0.3, -0.25) is 0 Å². The van der Waals surface area contributed by atoms with Crippen LogP contribution in [0.3, 0.4) is 0 Å². The van der Waals surface area contributed by atoms with Crippen LogP contribution in [0, 0.1) is 0 Å². The molecule has 4 N–H and O–H groups in total. The molecule has 0 aromatic heterocycles. The number of benzene rings is 1. The van der Waals surface area contributed by atoms with Gasteiger partial charge in [0.2, 0.25) is 0 Å². The lowest BCUT2D eigenvalue weighted by Gasteiger charge is -2.11. The minimum Gasteiger partial charge on any atom is -0.409 e. The van der Waals surface area contributed by atoms with Gasteiger partial charge in [0.25, 0.3) is 0 Å². The Labute approximate surface area is 101 Å². The average Bonchev–Trinajstić information content (AvgIpc) is 2.36. The summed E-state index contributed by atoms with van der Waals surface area (Å²) in [5.41, 5.74) is 7.57. The highest BCUT2D eigenvalue weighted by molar-refractivity contribution is 5.79. The molecule has 0 fully saturated rings. The minimum absolute atomic E-state index is 0.261. The first-order chi connectivity index (χ1) is 8.27. The highest BCUT2D eigenvalue weighted by Gasteiger charge is 2.00. The van der Waals surface area contributed by atoms with Crippen molar-refractivity contribution in [2.75, 3.05) is 19.0 Å². The Bertz CT molecular complexity index is 367. The smallest absolute Gasteiger partial charge is 0.139 e. The molecule has 1 aromatic rings. The maximum atomic E-state index is 8.39. The van der Waals surface area contributed by atoms with E-state index < -0.39 is 0 Å². The Morgan fingerprint density at radius 2 is 2.24 bits per heavy atom. The van der Waals surface area contributed by atoms with Crippen molar-refractivity contribution in [1.82, 2.24) is 0 Å². The largest absolute Gasteiger partial charge is 0.409 e. The van der Waals surface area contributed by atoms with Crippen molar-refractivity contribution >= 4 is 11.5 Å². The van der Waals surface area contributed by atoms with Crippen LogP contribution in [0.4, 0.5) is 5.69 Å². The van der Waals surface area contributed by atoms with Crippen LogP contribution in [0.2, 0.25) is 0 Å². The molecule has 5 heteroatoms. The van der Waals surface area contributed by atoms with Crippen molar-refractivity contribution in [1.29, 1.82) is 0 Å². The van der Waals surface area contributed by atoms with Crippen LogP contribution in [0.5, 0.6) is 0 Å². The third-order valence-electron chi connectivity index (χ3n) is 2.37. The number of rotatable bonds is 7. The molecule has 0 heterocycles. The molecule has 0 aliphatic heterocycles. The molecule has 0 saturated heterocycles. The quantitative estimate of drug-likeness (QED) is 0.222. The Morgan fingerprint density at radius 1 is 1.47 bits per heavy atom. The van der Waals surface area contributed by atoms with E-state index in [1.165, 1.54) is 0 Å². The number of nitrogens with zero attached hydrogens (tertiary/aromatic N) is 1. The van der Waals surface area contributed by atoms with Gasteiger partial charge in [-0.2, -0.15) is 0 Å². The lowest BCUT2D eigenvalue weighted by Crippen LogP contribution is -2.13. The van der Waals surface area contributed by atoms with E-state index in [-0.39, 0.29) is 5.84 Å². The topological polar surface area (TPSA) is 79.9 Å². The van der Waals surface area contributed by atoms with Crippen molar-refractivity contribution in [3.63, 3.8) is 0 Å². The van der Waals surface area contributed by atoms with Crippen molar-refractivity contribution in [3.8, 4) is 0 Å². The molecule has 0 unspecified atom stereocenters. The predicted molar refractivity (Wildman–Crippen MR) is 68.3 cm³/mol. The number of hydrogen-bond acceptors (Lipinski definition) is 4. The van der Waals surface area contributed by atoms with Gasteiger partial charge < -0.3 is 21.0 Å². The third kappa shape index (κ3) is 4.74. The molecule has 0 aliphatic rings. The minimum atomic E-state index is 0.261. The van der Waals surface area contributed by atoms with Gasteiger partial charge in [0, 0.05) is 31.3 Å². The Morgan fingerprint density at radius 3 is 2.94 bits per heavy atom. The van der Waals surface area contributed by atoms with Gasteiger partial charge in [0.1, 0.15) is 5.84 Å². The molecular weight excluding hydrogens is 218 g/mol. The van der Waals surface area contributed by atoms with Gasteiger partial charge >= 0.3 is 0 Å². The number of para-hydroxylation sites is 1. The van der Waals surface area contributed by atoms with Crippen LogP contribution in [0.1, 0.15) is 18.4 Å². The van der Waals surface area contributed by atoms with Gasteiger partial charge in [-0.25, -0.2) is 0 Å². The summed E-state index contributed by atoms with van der Waals surface area (Å²) in [5.74, 6) is 0.261. The van der Waals surface area contributed by atoms with E-state index in [2.05, 4.69) is 10.5 Å². The lowest BCUT2D eigenvalue weighted by atomic mass is 10.2. The first-order valence-corrected chi connectivity index (χ1v) is 5.55.